The zero-order chi connectivity index (χ0) is 10.3. The third-order valence-electron chi connectivity index (χ3n) is 1.34. The van der Waals surface area contributed by atoms with E-state index in [4.69, 9.17) is 5.73 Å². The molecule has 0 aromatic carbocycles. The van der Waals surface area contributed by atoms with Gasteiger partial charge in [-0.3, -0.25) is 0 Å². The van der Waals surface area contributed by atoms with Gasteiger partial charge in [0.25, 0.3) is 0 Å². The molecule has 0 radical (unpaired) electrons. The summed E-state index contributed by atoms with van der Waals surface area (Å²) in [6.07, 6.45) is 1.69. The molecule has 0 aliphatic rings. The summed E-state index contributed by atoms with van der Waals surface area (Å²) >= 11 is 2.29. The molecular formula is C7H15NO3S2. The minimum absolute atomic E-state index is 0.198. The van der Waals surface area contributed by atoms with Gasteiger partial charge in [-0.1, -0.05) is 13.3 Å². The smallest absolute Gasteiger partial charge is 0.337 e. The van der Waals surface area contributed by atoms with Crippen LogP contribution >= 0.6 is 12.6 Å². The van der Waals surface area contributed by atoms with Gasteiger partial charge in [0.2, 0.25) is 11.1 Å². The van der Waals surface area contributed by atoms with Crippen LogP contribution in [0.4, 0.5) is 0 Å². The maximum absolute atomic E-state index is 11.0. The van der Waals surface area contributed by atoms with Crippen molar-refractivity contribution in [1.29, 1.82) is 0 Å². The van der Waals surface area contributed by atoms with Gasteiger partial charge in [0.15, 0.2) is 0 Å². The first-order chi connectivity index (χ1) is 6.11. The minimum atomic E-state index is -1.54. The molecule has 0 saturated heterocycles. The Bertz CT molecular complexity index is 187. The molecule has 0 heterocycles. The summed E-state index contributed by atoms with van der Waals surface area (Å²) < 4.78 is 15.6. The molecule has 2 atom stereocenters. The van der Waals surface area contributed by atoms with E-state index in [0.717, 1.165) is 12.8 Å². The maximum atomic E-state index is 11.0. The first-order valence-corrected chi connectivity index (χ1v) is 5.96. The second-order valence-corrected chi connectivity index (χ2v) is 4.10. The van der Waals surface area contributed by atoms with Gasteiger partial charge >= 0.3 is 5.97 Å². The van der Waals surface area contributed by atoms with Crippen molar-refractivity contribution in [3.05, 3.63) is 0 Å². The summed E-state index contributed by atoms with van der Waals surface area (Å²) in [5.74, 6) is -0.0739. The average Bonchev–Trinajstić information content (AvgIpc) is 2.13. The zero-order valence-corrected chi connectivity index (χ0v) is 9.27. The standard InChI is InChI=1S/C7H15NO3S2/c1-2-3-4-13(10)11-7(9)6(8)5-12/h6,12H,2-5,8H2,1H3. The van der Waals surface area contributed by atoms with E-state index in [9.17, 15) is 9.00 Å². The van der Waals surface area contributed by atoms with Crippen molar-refractivity contribution in [2.45, 2.75) is 25.8 Å². The second kappa shape index (κ2) is 7.34. The van der Waals surface area contributed by atoms with Crippen molar-refractivity contribution < 1.29 is 13.2 Å². The van der Waals surface area contributed by atoms with Crippen molar-refractivity contribution in [1.82, 2.24) is 0 Å². The quantitative estimate of drug-likeness (QED) is 0.636. The number of nitrogens with two attached hydrogens (primary N) is 1. The molecule has 0 bridgehead atoms. The molecule has 0 saturated carbocycles. The van der Waals surface area contributed by atoms with Crippen LogP contribution in [0.2, 0.25) is 0 Å². The molecule has 0 aliphatic carbocycles. The highest BCUT2D eigenvalue weighted by Crippen LogP contribution is 1.97. The van der Waals surface area contributed by atoms with E-state index in [-0.39, 0.29) is 5.75 Å². The van der Waals surface area contributed by atoms with E-state index in [1.807, 2.05) is 6.92 Å². The normalized spacial score (nSPS) is 15.0. The largest absolute Gasteiger partial charge is 0.363 e. The SMILES string of the molecule is CCCCS(=O)OC(=O)C(N)CS. The molecule has 0 aromatic heterocycles. The van der Waals surface area contributed by atoms with Crippen molar-refractivity contribution in [2.75, 3.05) is 11.5 Å². The van der Waals surface area contributed by atoms with Gasteiger partial charge in [0, 0.05) is 5.75 Å². The molecule has 0 amide bonds. The fourth-order valence-electron chi connectivity index (χ4n) is 0.532. The molecule has 2 N–H and O–H groups in total. The molecule has 2 unspecified atom stereocenters. The lowest BCUT2D eigenvalue weighted by atomic mass is 10.4. The van der Waals surface area contributed by atoms with Crippen LogP contribution in [0, 0.1) is 0 Å². The maximum Gasteiger partial charge on any atom is 0.337 e. The number of hydrogen-bond donors (Lipinski definition) is 2. The Morgan fingerprint density at radius 2 is 2.31 bits per heavy atom. The van der Waals surface area contributed by atoms with E-state index in [1.165, 1.54) is 0 Å². The number of thiol groups is 1. The monoisotopic (exact) mass is 225 g/mol. The van der Waals surface area contributed by atoms with Gasteiger partial charge in [-0.15, -0.1) is 0 Å². The van der Waals surface area contributed by atoms with Gasteiger partial charge in [0.1, 0.15) is 6.04 Å². The topological polar surface area (TPSA) is 69.4 Å². The van der Waals surface area contributed by atoms with Crippen molar-refractivity contribution in [3.8, 4) is 0 Å². The van der Waals surface area contributed by atoms with Crippen molar-refractivity contribution in [2.24, 2.45) is 5.73 Å². The van der Waals surface area contributed by atoms with Crippen LogP contribution in [-0.2, 0) is 20.1 Å². The molecule has 0 aromatic rings. The Morgan fingerprint density at radius 1 is 1.69 bits per heavy atom. The van der Waals surface area contributed by atoms with Crippen LogP contribution < -0.4 is 5.73 Å². The molecule has 4 nitrogen and oxygen atoms in total. The lowest BCUT2D eigenvalue weighted by Gasteiger charge is -2.06. The molecule has 6 heteroatoms. The van der Waals surface area contributed by atoms with Crippen molar-refractivity contribution in [3.63, 3.8) is 0 Å². The third-order valence-corrected chi connectivity index (χ3v) is 2.70. The Kier molecular flexibility index (Phi) is 7.31. The predicted octanol–water partition coefficient (Wildman–Crippen LogP) is 0.251. The zero-order valence-electron chi connectivity index (χ0n) is 7.56. The third kappa shape index (κ3) is 6.06. The van der Waals surface area contributed by atoms with Crippen LogP contribution in [-0.4, -0.2) is 27.7 Å². The highest BCUT2D eigenvalue weighted by molar-refractivity contribution is 7.80. The van der Waals surface area contributed by atoms with Gasteiger partial charge in [-0.2, -0.15) is 12.6 Å². The van der Waals surface area contributed by atoms with Crippen LogP contribution in [0.25, 0.3) is 0 Å². The molecule has 13 heavy (non-hydrogen) atoms. The van der Waals surface area contributed by atoms with Gasteiger partial charge < -0.3 is 9.92 Å². The average molecular weight is 225 g/mol. The lowest BCUT2D eigenvalue weighted by molar-refractivity contribution is -0.134. The molecule has 0 fully saturated rings. The number of hydrogen-bond acceptors (Lipinski definition) is 5. The summed E-state index contributed by atoms with van der Waals surface area (Å²) in [7, 11) is 0. The van der Waals surface area contributed by atoms with E-state index >= 15 is 0 Å². The molecule has 0 rings (SSSR count). The highest BCUT2D eigenvalue weighted by atomic mass is 32.2. The Hall–Kier alpha value is -0.0700. The molecule has 0 spiro atoms. The fourth-order valence-corrected chi connectivity index (χ4v) is 1.60. The Morgan fingerprint density at radius 3 is 2.77 bits per heavy atom. The number of carbonyl (C=O) groups is 1. The van der Waals surface area contributed by atoms with Crippen LogP contribution in [0.1, 0.15) is 19.8 Å². The summed E-state index contributed by atoms with van der Waals surface area (Å²) in [6.45, 7) is 1.97. The highest BCUT2D eigenvalue weighted by Gasteiger charge is 2.15. The summed E-state index contributed by atoms with van der Waals surface area (Å²) in [5, 5.41) is 0. The molecular weight excluding hydrogens is 210 g/mol. The van der Waals surface area contributed by atoms with Gasteiger partial charge in [0.05, 0.1) is 5.75 Å². The number of unbranched alkanes of at least 4 members (excludes halogenated alkanes) is 1. The van der Waals surface area contributed by atoms with Gasteiger partial charge in [-0.05, 0) is 6.42 Å². The fraction of sp³-hybridized carbons (Fsp3) is 0.857. The van der Waals surface area contributed by atoms with E-state index in [1.54, 1.807) is 0 Å². The van der Waals surface area contributed by atoms with E-state index < -0.39 is 23.1 Å². The van der Waals surface area contributed by atoms with Crippen LogP contribution in [0.5, 0.6) is 0 Å². The number of carbonyl (C=O) groups excluding carboxylic acids is 1. The van der Waals surface area contributed by atoms with Crippen molar-refractivity contribution >= 4 is 29.7 Å². The summed E-state index contributed by atoms with van der Waals surface area (Å²) in [4.78, 5) is 11.0. The lowest BCUT2D eigenvalue weighted by Crippen LogP contribution is -2.34. The summed E-state index contributed by atoms with van der Waals surface area (Å²) in [5.41, 5.74) is 5.31. The number of rotatable bonds is 6. The first-order valence-electron chi connectivity index (χ1n) is 4.08. The molecule has 0 aliphatic heterocycles. The van der Waals surface area contributed by atoms with E-state index in [2.05, 4.69) is 16.8 Å². The Labute approximate surface area is 86.3 Å². The molecule has 78 valence electrons. The Balaban J connectivity index is 3.71. The van der Waals surface area contributed by atoms with Gasteiger partial charge in [-0.25, -0.2) is 9.00 Å². The predicted molar refractivity (Wildman–Crippen MR) is 55.8 cm³/mol. The van der Waals surface area contributed by atoms with Crippen LogP contribution in [0.3, 0.4) is 0 Å². The van der Waals surface area contributed by atoms with E-state index in [0.29, 0.717) is 5.75 Å². The summed E-state index contributed by atoms with van der Waals surface area (Å²) in [6, 6.07) is -0.783. The first kappa shape index (κ1) is 12.9. The van der Waals surface area contributed by atoms with Crippen LogP contribution in [0.15, 0.2) is 0 Å². The minimum Gasteiger partial charge on any atom is -0.363 e. The second-order valence-electron chi connectivity index (χ2n) is 2.55.